The van der Waals surface area contributed by atoms with E-state index in [0.717, 1.165) is 0 Å². The lowest BCUT2D eigenvalue weighted by atomic mass is 9.55. The number of phenolic OH excluding ortho intramolecular Hbond substituents is 1. The van der Waals surface area contributed by atoms with E-state index in [2.05, 4.69) is 0 Å². The van der Waals surface area contributed by atoms with Gasteiger partial charge in [-0.1, -0.05) is 13.0 Å². The zero-order valence-corrected chi connectivity index (χ0v) is 18.1. The Morgan fingerprint density at radius 3 is 2.53 bits per heavy atom. The Hall–Kier alpha value is -3.63. The van der Waals surface area contributed by atoms with Crippen molar-refractivity contribution in [1.29, 1.82) is 0 Å². The van der Waals surface area contributed by atoms with Crippen LogP contribution in [0.25, 0.3) is 5.76 Å². The Balaban J connectivity index is 1.76. The standard InChI is InChI=1S/C24H23NO9/c1-8-14-9(13-3-2-6-34-13)4-5-11(26)16(14)20(29)18-15(8)19(28)10-7-12(27)17(23(25)32)21(30)24(10,33)22(18)31/h2,4-6,8,10,13,15,19,26,28-30,33H,3,7H2,1H3,(H2,25,32)/t8-,10+,13?,15+,19+,24+/m0/s1. The van der Waals surface area contributed by atoms with Gasteiger partial charge < -0.3 is 36.0 Å². The fourth-order valence-corrected chi connectivity index (χ4v) is 5.98. The number of phenols is 1. The van der Waals surface area contributed by atoms with Crippen molar-refractivity contribution in [2.45, 2.75) is 43.5 Å². The molecular formula is C24H23NO9. The lowest BCUT2D eigenvalue weighted by Crippen LogP contribution is -2.64. The maximum absolute atomic E-state index is 13.6. The van der Waals surface area contributed by atoms with E-state index in [9.17, 15) is 39.9 Å². The molecule has 1 saturated carbocycles. The average molecular weight is 469 g/mol. The van der Waals surface area contributed by atoms with Crippen molar-refractivity contribution in [3.05, 3.63) is 58.1 Å². The van der Waals surface area contributed by atoms with E-state index in [0.29, 0.717) is 17.5 Å². The van der Waals surface area contributed by atoms with Gasteiger partial charge >= 0.3 is 0 Å². The van der Waals surface area contributed by atoms with Crippen molar-refractivity contribution in [2.75, 3.05) is 0 Å². The van der Waals surface area contributed by atoms with Gasteiger partial charge in [-0.15, -0.1) is 0 Å². The smallest absolute Gasteiger partial charge is 0.255 e. The highest BCUT2D eigenvalue weighted by Crippen LogP contribution is 2.56. The second-order valence-electron chi connectivity index (χ2n) is 9.18. The zero-order valence-electron chi connectivity index (χ0n) is 18.1. The van der Waals surface area contributed by atoms with Crippen molar-refractivity contribution >= 4 is 23.2 Å². The van der Waals surface area contributed by atoms with Gasteiger partial charge in [-0.2, -0.15) is 0 Å². The van der Waals surface area contributed by atoms with Gasteiger partial charge in [0, 0.05) is 30.3 Å². The molecule has 1 aliphatic heterocycles. The Kier molecular flexibility index (Phi) is 4.68. The number of ether oxygens (including phenoxy) is 1. The number of aromatic hydroxyl groups is 1. The van der Waals surface area contributed by atoms with Crippen LogP contribution in [0.2, 0.25) is 0 Å². The molecule has 10 heteroatoms. The Bertz CT molecular complexity index is 1250. The van der Waals surface area contributed by atoms with Crippen LogP contribution in [0.5, 0.6) is 5.75 Å². The highest BCUT2D eigenvalue weighted by molar-refractivity contribution is 6.23. The van der Waals surface area contributed by atoms with Gasteiger partial charge in [-0.05, 0) is 29.2 Å². The lowest BCUT2D eigenvalue weighted by Gasteiger charge is -2.50. The van der Waals surface area contributed by atoms with Crippen LogP contribution >= 0.6 is 0 Å². The number of hydrogen-bond acceptors (Lipinski definition) is 9. The first-order valence-electron chi connectivity index (χ1n) is 10.8. The number of aliphatic hydroxyl groups is 4. The van der Waals surface area contributed by atoms with Gasteiger partial charge in [0.2, 0.25) is 5.78 Å². The largest absolute Gasteiger partial charge is 0.508 e. The molecule has 1 amide bonds. The van der Waals surface area contributed by atoms with Gasteiger partial charge in [-0.25, -0.2) is 0 Å². The van der Waals surface area contributed by atoms with Crippen LogP contribution in [0.15, 0.2) is 41.4 Å². The number of amides is 1. The molecule has 178 valence electrons. The Morgan fingerprint density at radius 2 is 1.91 bits per heavy atom. The zero-order chi connectivity index (χ0) is 24.7. The summed E-state index contributed by atoms with van der Waals surface area (Å²) in [6, 6.07) is 2.99. The molecule has 1 aromatic rings. The van der Waals surface area contributed by atoms with Crippen LogP contribution in [0.1, 0.15) is 48.5 Å². The molecule has 1 aromatic carbocycles. The number of rotatable bonds is 2. The lowest BCUT2D eigenvalue weighted by molar-refractivity contribution is -0.160. The number of benzene rings is 1. The summed E-state index contributed by atoms with van der Waals surface area (Å²) in [4.78, 5) is 37.9. The molecule has 6 atom stereocenters. The van der Waals surface area contributed by atoms with Crippen LogP contribution in [0, 0.1) is 11.8 Å². The predicted octanol–water partition coefficient (Wildman–Crippen LogP) is 0.931. The molecule has 34 heavy (non-hydrogen) atoms. The Morgan fingerprint density at radius 1 is 1.21 bits per heavy atom. The number of carbonyl (C=O) groups is 3. The van der Waals surface area contributed by atoms with E-state index >= 15 is 0 Å². The van der Waals surface area contributed by atoms with E-state index in [-0.39, 0.29) is 11.3 Å². The van der Waals surface area contributed by atoms with Crippen molar-refractivity contribution < 1.29 is 44.7 Å². The third-order valence-electron chi connectivity index (χ3n) is 7.55. The quantitative estimate of drug-likeness (QED) is 0.342. The fourth-order valence-electron chi connectivity index (χ4n) is 5.98. The first-order valence-corrected chi connectivity index (χ1v) is 10.8. The van der Waals surface area contributed by atoms with Crippen molar-refractivity contribution in [2.24, 2.45) is 17.6 Å². The van der Waals surface area contributed by atoms with E-state index in [4.69, 9.17) is 10.5 Å². The van der Waals surface area contributed by atoms with Crippen LogP contribution in [0.4, 0.5) is 0 Å². The number of ketones is 2. The number of fused-ring (bicyclic) bond motifs is 3. The predicted molar refractivity (Wildman–Crippen MR) is 115 cm³/mol. The van der Waals surface area contributed by atoms with Crippen LogP contribution in [-0.4, -0.2) is 54.7 Å². The highest BCUT2D eigenvalue weighted by atomic mass is 16.5. The third kappa shape index (κ3) is 2.60. The summed E-state index contributed by atoms with van der Waals surface area (Å²) in [6.45, 7) is 1.69. The molecule has 1 unspecified atom stereocenters. The molecular weight excluding hydrogens is 446 g/mol. The molecule has 0 spiro atoms. The fraction of sp³-hybridized carbons (Fsp3) is 0.375. The SMILES string of the molecule is C[C@H]1c2c(C3CC=CO3)ccc(O)c2C(O)=C2C(=O)[C@]3(O)C(O)=C(C(N)=O)C(=O)C[C@@H]3[C@@H](O)[C@@H]21. The average Bonchev–Trinajstić information content (AvgIpc) is 3.31. The summed E-state index contributed by atoms with van der Waals surface area (Å²) in [7, 11) is 0. The maximum Gasteiger partial charge on any atom is 0.255 e. The minimum Gasteiger partial charge on any atom is -0.508 e. The summed E-state index contributed by atoms with van der Waals surface area (Å²) in [5, 5.41) is 55.1. The molecule has 5 rings (SSSR count). The van der Waals surface area contributed by atoms with Crippen molar-refractivity contribution in [3.8, 4) is 5.75 Å². The van der Waals surface area contributed by atoms with Gasteiger partial charge in [0.05, 0.1) is 17.9 Å². The van der Waals surface area contributed by atoms with Crippen LogP contribution in [-0.2, 0) is 19.1 Å². The molecule has 0 radical (unpaired) electrons. The number of nitrogens with two attached hydrogens (primary N) is 1. The second kappa shape index (κ2) is 7.18. The number of carbonyl (C=O) groups excluding carboxylic acids is 3. The summed E-state index contributed by atoms with van der Waals surface area (Å²) in [5.41, 5.74) is 2.08. The van der Waals surface area contributed by atoms with Gasteiger partial charge in [0.1, 0.15) is 28.9 Å². The van der Waals surface area contributed by atoms with Gasteiger partial charge in [0.25, 0.3) is 5.91 Å². The molecule has 1 heterocycles. The second-order valence-corrected chi connectivity index (χ2v) is 9.18. The normalized spacial score (nSPS) is 34.5. The minimum atomic E-state index is -2.85. The van der Waals surface area contributed by atoms with Crippen LogP contribution < -0.4 is 5.73 Å². The first kappa shape index (κ1) is 22.2. The first-order chi connectivity index (χ1) is 16.0. The monoisotopic (exact) mass is 469 g/mol. The minimum absolute atomic E-state index is 0.0418. The summed E-state index contributed by atoms with van der Waals surface area (Å²) < 4.78 is 5.62. The third-order valence-corrected chi connectivity index (χ3v) is 7.55. The van der Waals surface area contributed by atoms with Gasteiger partial charge in [-0.3, -0.25) is 14.4 Å². The van der Waals surface area contributed by atoms with Crippen LogP contribution in [0.3, 0.4) is 0 Å². The molecule has 3 aliphatic carbocycles. The molecule has 1 fully saturated rings. The molecule has 0 bridgehead atoms. The van der Waals surface area contributed by atoms with E-state index in [1.807, 2.05) is 6.08 Å². The summed E-state index contributed by atoms with van der Waals surface area (Å²) in [6.07, 6.45) is 1.31. The Labute approximate surface area is 193 Å². The topological polar surface area (TPSA) is 188 Å². The highest BCUT2D eigenvalue weighted by Gasteiger charge is 2.65. The molecule has 4 aliphatic rings. The summed E-state index contributed by atoms with van der Waals surface area (Å²) >= 11 is 0. The van der Waals surface area contributed by atoms with E-state index < -0.39 is 82.1 Å². The van der Waals surface area contributed by atoms with Crippen molar-refractivity contribution in [3.63, 3.8) is 0 Å². The number of hydrogen-bond donors (Lipinski definition) is 6. The number of aliphatic hydroxyl groups excluding tert-OH is 3. The molecule has 0 aromatic heterocycles. The number of primary amides is 1. The molecule has 0 saturated heterocycles. The maximum atomic E-state index is 13.6. The van der Waals surface area contributed by atoms with E-state index in [1.54, 1.807) is 13.0 Å². The molecule has 7 N–H and O–H groups in total. The summed E-state index contributed by atoms with van der Waals surface area (Å²) in [5.74, 6) is -8.85. The van der Waals surface area contributed by atoms with Gasteiger partial charge in [0.15, 0.2) is 11.4 Å². The number of Topliss-reactive ketones (excluding diaryl/α,β-unsaturated/α-hetero) is 2. The molecule has 10 nitrogen and oxygen atoms in total. The van der Waals surface area contributed by atoms with E-state index in [1.165, 1.54) is 12.3 Å². The van der Waals surface area contributed by atoms with Crippen molar-refractivity contribution in [1.82, 2.24) is 0 Å².